The fourth-order valence-electron chi connectivity index (χ4n) is 3.57. The summed E-state index contributed by atoms with van der Waals surface area (Å²) < 4.78 is 61.5. The zero-order chi connectivity index (χ0) is 21.6. The van der Waals surface area contributed by atoms with E-state index in [1.54, 1.807) is 0 Å². The molecular weight excluding hydrogens is 424 g/mol. The number of carbonyl (C=O) groups is 1. The van der Waals surface area contributed by atoms with Gasteiger partial charge < -0.3 is 9.21 Å². The van der Waals surface area contributed by atoms with Gasteiger partial charge in [0.25, 0.3) is 0 Å². The van der Waals surface area contributed by atoms with Gasteiger partial charge in [0.1, 0.15) is 35.0 Å². The summed E-state index contributed by atoms with van der Waals surface area (Å²) >= 11 is 5.88. The second-order valence-corrected chi connectivity index (χ2v) is 7.31. The van der Waals surface area contributed by atoms with Gasteiger partial charge in [0.2, 0.25) is 0 Å². The minimum absolute atomic E-state index is 0.00292. The fourth-order valence-corrected chi connectivity index (χ4v) is 3.72. The number of anilines is 1. The second-order valence-electron chi connectivity index (χ2n) is 6.94. The number of benzene rings is 2. The first-order valence-corrected chi connectivity index (χ1v) is 9.13. The highest BCUT2D eigenvalue weighted by molar-refractivity contribution is 6.28. The summed E-state index contributed by atoms with van der Waals surface area (Å²) in [5.41, 5.74) is -1.90. The molecule has 0 N–H and O–H groups in total. The lowest BCUT2D eigenvalue weighted by molar-refractivity contribution is -0.112. The van der Waals surface area contributed by atoms with Gasteiger partial charge in [-0.15, -0.1) is 0 Å². The molecule has 0 spiro atoms. The van der Waals surface area contributed by atoms with Crippen LogP contribution in [-0.2, 0) is 4.79 Å². The summed E-state index contributed by atoms with van der Waals surface area (Å²) in [6, 6.07) is 8.55. The van der Waals surface area contributed by atoms with E-state index in [-0.39, 0.29) is 27.9 Å². The van der Waals surface area contributed by atoms with Crippen LogP contribution in [-0.4, -0.2) is 17.5 Å². The molecule has 0 radical (unpaired) electrons. The van der Waals surface area contributed by atoms with E-state index in [4.69, 9.17) is 16.0 Å². The van der Waals surface area contributed by atoms with Gasteiger partial charge in [-0.3, -0.25) is 0 Å². The number of rotatable bonds is 4. The number of hydrogen-bond donors (Lipinski definition) is 0. The number of hydrazone groups is 1. The van der Waals surface area contributed by atoms with Crippen LogP contribution in [0.15, 0.2) is 58.0 Å². The number of carbonyl (C=O) groups excluding carboxylic acids is 1. The van der Waals surface area contributed by atoms with Gasteiger partial charge in [0, 0.05) is 17.7 Å². The lowest BCUT2D eigenvalue weighted by Gasteiger charge is -2.33. The Bertz CT molecular complexity index is 1180. The molecule has 30 heavy (non-hydrogen) atoms. The average molecular weight is 437 g/mol. The number of nitrogens with zero attached hydrogens (tertiary/aromatic N) is 2. The van der Waals surface area contributed by atoms with Crippen molar-refractivity contribution in [2.75, 3.05) is 5.01 Å². The van der Waals surface area contributed by atoms with Crippen LogP contribution in [0.25, 0.3) is 0 Å². The maximum atomic E-state index is 14.6. The van der Waals surface area contributed by atoms with Crippen molar-refractivity contribution in [1.82, 2.24) is 0 Å². The minimum atomic E-state index is -1.59. The molecule has 2 aromatic carbocycles. The summed E-state index contributed by atoms with van der Waals surface area (Å²) in [7, 11) is 0. The normalized spacial score (nSPS) is 21.1. The van der Waals surface area contributed by atoms with Crippen LogP contribution in [0.5, 0.6) is 0 Å². The number of halogens is 5. The standard InChI is InChI=1S/C21H13ClF4N2O2/c1-21(10-29)19(17-6-7-18(22)30-17)20(13-4-2-11(23)8-14(13)25)27-28(21)16-5-3-12(24)9-15(16)26/h2-10,19H,1H3. The van der Waals surface area contributed by atoms with E-state index in [2.05, 4.69) is 5.10 Å². The minimum Gasteiger partial charge on any atom is -0.449 e. The van der Waals surface area contributed by atoms with Crippen molar-refractivity contribution in [2.24, 2.45) is 5.10 Å². The van der Waals surface area contributed by atoms with E-state index >= 15 is 0 Å². The smallest absolute Gasteiger partial charge is 0.193 e. The molecule has 1 aliphatic rings. The van der Waals surface area contributed by atoms with E-state index < -0.39 is 34.7 Å². The van der Waals surface area contributed by atoms with Gasteiger partial charge in [0.05, 0.1) is 17.3 Å². The molecule has 154 valence electrons. The Morgan fingerprint density at radius 1 is 1.03 bits per heavy atom. The summed E-state index contributed by atoms with van der Waals surface area (Å²) in [6.07, 6.45) is 0.509. The molecule has 1 aromatic heterocycles. The van der Waals surface area contributed by atoms with Crippen molar-refractivity contribution in [1.29, 1.82) is 0 Å². The molecule has 3 aromatic rings. The molecule has 2 heterocycles. The van der Waals surface area contributed by atoms with E-state index in [9.17, 15) is 22.4 Å². The lowest BCUT2D eigenvalue weighted by Crippen LogP contribution is -2.47. The summed E-state index contributed by atoms with van der Waals surface area (Å²) in [5.74, 6) is -4.36. The first-order valence-electron chi connectivity index (χ1n) is 8.75. The van der Waals surface area contributed by atoms with Crippen molar-refractivity contribution >= 4 is 29.3 Å². The monoisotopic (exact) mass is 436 g/mol. The molecule has 2 unspecified atom stereocenters. The van der Waals surface area contributed by atoms with Gasteiger partial charge in [-0.25, -0.2) is 22.6 Å². The van der Waals surface area contributed by atoms with E-state index in [0.717, 1.165) is 29.3 Å². The molecule has 1 aliphatic heterocycles. The first-order chi connectivity index (χ1) is 14.2. The van der Waals surface area contributed by atoms with Gasteiger partial charge >= 0.3 is 0 Å². The highest BCUT2D eigenvalue weighted by atomic mass is 35.5. The molecule has 4 rings (SSSR count). The predicted molar refractivity (Wildman–Crippen MR) is 103 cm³/mol. The van der Waals surface area contributed by atoms with Crippen LogP contribution >= 0.6 is 11.6 Å². The van der Waals surface area contributed by atoms with E-state index in [1.165, 1.54) is 19.1 Å². The fraction of sp³-hybridized carbons (Fsp3) is 0.143. The van der Waals surface area contributed by atoms with Gasteiger partial charge in [0.15, 0.2) is 11.0 Å². The topological polar surface area (TPSA) is 45.8 Å². The van der Waals surface area contributed by atoms with Gasteiger partial charge in [-0.2, -0.15) is 5.10 Å². The molecular formula is C21H13ClF4N2O2. The van der Waals surface area contributed by atoms with Gasteiger partial charge in [-0.05, 0) is 54.9 Å². The summed E-state index contributed by atoms with van der Waals surface area (Å²) in [5, 5.41) is 5.34. The van der Waals surface area contributed by atoms with E-state index in [1.807, 2.05) is 0 Å². The Balaban J connectivity index is 1.97. The van der Waals surface area contributed by atoms with Gasteiger partial charge in [-0.1, -0.05) is 0 Å². The van der Waals surface area contributed by atoms with Crippen LogP contribution in [0.3, 0.4) is 0 Å². The Morgan fingerprint density at radius 2 is 1.70 bits per heavy atom. The van der Waals surface area contributed by atoms with Crippen molar-refractivity contribution in [3.05, 3.63) is 88.3 Å². The average Bonchev–Trinajstić information content (AvgIpc) is 3.23. The Morgan fingerprint density at radius 3 is 2.27 bits per heavy atom. The Hall–Kier alpha value is -3.13. The number of hydrogen-bond acceptors (Lipinski definition) is 4. The first kappa shape index (κ1) is 20.2. The molecule has 0 fully saturated rings. The summed E-state index contributed by atoms with van der Waals surface area (Å²) in [4.78, 5) is 12.3. The molecule has 0 aliphatic carbocycles. The van der Waals surface area contributed by atoms with E-state index in [0.29, 0.717) is 18.4 Å². The SMILES string of the molecule is CC1(C=O)C(c2ccc(Cl)o2)C(c2ccc(F)cc2F)=NN1c1ccc(F)cc1F. The molecule has 9 heteroatoms. The van der Waals surface area contributed by atoms with Crippen molar-refractivity contribution in [3.8, 4) is 0 Å². The molecule has 4 nitrogen and oxygen atoms in total. The zero-order valence-electron chi connectivity index (χ0n) is 15.4. The maximum Gasteiger partial charge on any atom is 0.193 e. The lowest BCUT2D eigenvalue weighted by atomic mass is 9.80. The zero-order valence-corrected chi connectivity index (χ0v) is 16.1. The maximum absolute atomic E-state index is 14.6. The van der Waals surface area contributed by atoms with Crippen LogP contribution in [0.1, 0.15) is 24.2 Å². The van der Waals surface area contributed by atoms with Crippen LogP contribution in [0.2, 0.25) is 5.22 Å². The van der Waals surface area contributed by atoms with Crippen LogP contribution < -0.4 is 5.01 Å². The van der Waals surface area contributed by atoms with Crippen LogP contribution in [0.4, 0.5) is 23.2 Å². The molecule has 0 saturated carbocycles. The third kappa shape index (κ3) is 3.17. The largest absolute Gasteiger partial charge is 0.449 e. The van der Waals surface area contributed by atoms with Crippen molar-refractivity contribution in [2.45, 2.75) is 18.4 Å². The highest BCUT2D eigenvalue weighted by Gasteiger charge is 2.52. The third-order valence-electron chi connectivity index (χ3n) is 4.98. The van der Waals surface area contributed by atoms with Crippen molar-refractivity contribution in [3.63, 3.8) is 0 Å². The number of aldehydes is 1. The highest BCUT2D eigenvalue weighted by Crippen LogP contribution is 2.45. The Kier molecular flexibility index (Phi) is 4.89. The van der Waals surface area contributed by atoms with Crippen molar-refractivity contribution < 1.29 is 26.8 Å². The Labute approximate surface area is 173 Å². The molecule has 2 atom stereocenters. The molecule has 0 bridgehead atoms. The quantitative estimate of drug-likeness (QED) is 0.403. The van der Waals surface area contributed by atoms with Crippen LogP contribution in [0, 0.1) is 23.3 Å². The molecule has 0 saturated heterocycles. The second kappa shape index (κ2) is 7.28. The number of furan rings is 1. The summed E-state index contributed by atoms with van der Waals surface area (Å²) in [6.45, 7) is 1.45. The third-order valence-corrected chi connectivity index (χ3v) is 5.19. The molecule has 0 amide bonds. The predicted octanol–water partition coefficient (Wildman–Crippen LogP) is 5.46.